The number of aromatic nitrogens is 4. The Morgan fingerprint density at radius 1 is 0.231 bits per heavy atom. The van der Waals surface area contributed by atoms with E-state index in [0.717, 1.165) is 116 Å². The minimum absolute atomic E-state index is 0.235. The van der Waals surface area contributed by atoms with Crippen molar-refractivity contribution in [2.45, 2.75) is 310 Å². The normalized spacial score (nSPS) is 12.2. The van der Waals surface area contributed by atoms with Crippen molar-refractivity contribution in [1.82, 2.24) is 18.8 Å². The van der Waals surface area contributed by atoms with Gasteiger partial charge in [0.05, 0.1) is 32.8 Å². The van der Waals surface area contributed by atoms with Gasteiger partial charge in [-0.15, -0.1) is 0 Å². The number of rotatable bonds is 52. The van der Waals surface area contributed by atoms with Crippen molar-refractivity contribution < 1.29 is 18.9 Å². The molecule has 0 atom stereocenters. The van der Waals surface area contributed by atoms with Crippen LogP contribution in [0.3, 0.4) is 0 Å². The average Bonchev–Trinajstić information content (AvgIpc) is 1.16. The summed E-state index contributed by atoms with van der Waals surface area (Å²) >= 11 is 0. The summed E-state index contributed by atoms with van der Waals surface area (Å²) in [6, 6.07) is 77.2. The number of hydrogen-bond donors (Lipinski definition) is 0. The summed E-state index contributed by atoms with van der Waals surface area (Å²) in [7, 11) is 0. The molecule has 0 aliphatic carbocycles. The zero-order chi connectivity index (χ0) is 91.1. The van der Waals surface area contributed by atoms with Crippen molar-refractivity contribution in [3.05, 3.63) is 261 Å². The third kappa shape index (κ3) is 20.0. The molecule has 10 nitrogen and oxygen atoms in total. The smallest absolute Gasteiger partial charge is 0.264 e. The average molecular weight is 1780 g/mol. The number of unbranched alkanes of at least 4 members (excludes halogenated alkanes) is 36. The summed E-state index contributed by atoms with van der Waals surface area (Å²) in [5.74, 6) is 4.40. The molecular weight excluding hydrogens is 1640 g/mol. The van der Waals surface area contributed by atoms with Crippen molar-refractivity contribution in [1.29, 1.82) is 0 Å². The van der Waals surface area contributed by atoms with E-state index in [2.05, 4.69) is 234 Å². The summed E-state index contributed by atoms with van der Waals surface area (Å²) in [5, 5.41) is 16.1. The van der Waals surface area contributed by atoms with Gasteiger partial charge in [-0.2, -0.15) is 0 Å². The highest BCUT2D eigenvalue weighted by Crippen LogP contribution is 2.58. The van der Waals surface area contributed by atoms with Crippen LogP contribution in [0.2, 0.25) is 0 Å². The monoisotopic (exact) mass is 1780 g/mol. The van der Waals surface area contributed by atoms with Gasteiger partial charge in [-0.25, -0.2) is 9.97 Å². The third-order valence-corrected chi connectivity index (χ3v) is 29.4. The van der Waals surface area contributed by atoms with Crippen molar-refractivity contribution in [2.24, 2.45) is 0 Å². The zero-order valence-corrected chi connectivity index (χ0v) is 80.1. The maximum atomic E-state index is 17.2. The quantitative estimate of drug-likeness (QED) is 0.0211. The molecule has 688 valence electrons. The first kappa shape index (κ1) is 91.2. The highest BCUT2D eigenvalue weighted by molar-refractivity contribution is 6.45. The zero-order valence-electron chi connectivity index (χ0n) is 80.1. The predicted molar refractivity (Wildman–Crippen MR) is 568 cm³/mol. The van der Waals surface area contributed by atoms with Crippen LogP contribution in [0.1, 0.15) is 307 Å². The fourth-order valence-corrected chi connectivity index (χ4v) is 22.0. The molecule has 0 aliphatic heterocycles. The van der Waals surface area contributed by atoms with Gasteiger partial charge < -0.3 is 18.9 Å². The largest absolute Gasteiger partial charge is 0.457 e. The predicted octanol–water partition coefficient (Wildman–Crippen LogP) is 36.9. The SMILES string of the molecule is CCCCCCCCCCCCc1ccc(Oc2cc3c(=O)n4c5ccc6cc7ccccc7cc6c5nc4c4cc(Oc5ccc(CCCCCCCCCCCC)cc5)c5c6c(Oc7ccc(CCCCCCCCCCCC)cc7)cc7c8c(cc(Oc9ccc(CCCCCCCCCCCC)cc9)c(c2c5c34)c68)c(=O)n2c7nc3ccc4cc5ccccc5cc4c32)cc1. The Morgan fingerprint density at radius 3 is 0.858 bits per heavy atom. The minimum Gasteiger partial charge on any atom is -0.457 e. The van der Waals surface area contributed by atoms with Gasteiger partial charge in [-0.05, 0) is 215 Å². The van der Waals surface area contributed by atoms with Crippen LogP contribution in [-0.4, -0.2) is 18.8 Å². The van der Waals surface area contributed by atoms with E-state index in [-0.39, 0.29) is 11.1 Å². The molecule has 19 aromatic rings. The molecule has 4 aromatic heterocycles. The summed E-state index contributed by atoms with van der Waals surface area (Å²) < 4.78 is 35.0. The standard InChI is InChI=1S/C124H136N4O6/c1-5-9-13-17-21-25-29-33-37-41-49-85-57-67-95(68-58-85)131-107-81-101-111-104(124(130)128-120-100-80-92-56-48-46-54-90(92)78-94(100)65-75-105(120)125-121(101)128)84-110(134-98-73-63-88(64-74-98)52-44-40-36-32-28-24-20-16-12-8-4)116-115-109(133-97-71-61-87(62-72-97)51-43-39-35-31-27-23-19-15-11-7-3)83-103-112-102(122-126-119-99-79-91-55-47-45-53-89(91)77-93(99)66-76-106(119)127(122)123(103)129)82-108(114(118(112)115)113(107)117(111)116)132-96-69-59-86(60-70-96)50-42-38-34-30-26-22-18-14-10-6-2/h45-48,53-84H,5-44,49-52H2,1-4H3. The van der Waals surface area contributed by atoms with E-state index in [1.165, 1.54) is 253 Å². The highest BCUT2D eigenvalue weighted by Gasteiger charge is 2.34. The molecule has 10 heteroatoms. The fraction of sp³-hybridized carbons (Fsp3) is 0.387. The molecule has 15 aromatic carbocycles. The second kappa shape index (κ2) is 43.6. The van der Waals surface area contributed by atoms with E-state index in [9.17, 15) is 0 Å². The van der Waals surface area contributed by atoms with Crippen LogP contribution in [0.5, 0.6) is 46.0 Å². The topological polar surface area (TPSA) is 106 Å². The van der Waals surface area contributed by atoms with Crippen LogP contribution in [0, 0.1) is 0 Å². The van der Waals surface area contributed by atoms with E-state index in [0.29, 0.717) is 122 Å². The van der Waals surface area contributed by atoms with Crippen molar-refractivity contribution in [3.63, 3.8) is 0 Å². The molecule has 19 rings (SSSR count). The van der Waals surface area contributed by atoms with Crippen LogP contribution in [0.15, 0.2) is 228 Å². The fourth-order valence-electron chi connectivity index (χ4n) is 22.0. The lowest BCUT2D eigenvalue weighted by Crippen LogP contribution is -2.15. The Kier molecular flexibility index (Phi) is 29.7. The van der Waals surface area contributed by atoms with E-state index in [1.54, 1.807) is 0 Å². The van der Waals surface area contributed by atoms with E-state index >= 15 is 9.59 Å². The molecule has 0 bridgehead atoms. The van der Waals surface area contributed by atoms with Crippen molar-refractivity contribution >= 4 is 141 Å². The van der Waals surface area contributed by atoms with Gasteiger partial charge in [0.1, 0.15) is 57.3 Å². The molecule has 0 spiro atoms. The van der Waals surface area contributed by atoms with Crippen LogP contribution in [0.25, 0.3) is 141 Å². The second-order valence-electron chi connectivity index (χ2n) is 39.3. The van der Waals surface area contributed by atoms with Gasteiger partial charge in [0.25, 0.3) is 11.1 Å². The molecule has 0 radical (unpaired) electrons. The Balaban J connectivity index is 0.843. The maximum absolute atomic E-state index is 17.2. The number of hydrogen-bond acceptors (Lipinski definition) is 8. The lowest BCUT2D eigenvalue weighted by atomic mass is 9.84. The third-order valence-electron chi connectivity index (χ3n) is 29.4. The van der Waals surface area contributed by atoms with Crippen LogP contribution in [-0.2, 0) is 25.7 Å². The number of nitrogens with zero attached hydrogens (tertiary/aromatic N) is 4. The van der Waals surface area contributed by atoms with Crippen LogP contribution in [0.4, 0.5) is 0 Å². The van der Waals surface area contributed by atoms with Crippen LogP contribution < -0.4 is 30.1 Å². The van der Waals surface area contributed by atoms with Gasteiger partial charge in [0.2, 0.25) is 0 Å². The molecule has 134 heavy (non-hydrogen) atoms. The molecule has 0 unspecified atom stereocenters. The summed E-state index contributed by atoms with van der Waals surface area (Å²) in [6.07, 6.45) is 54.8. The first-order valence-electron chi connectivity index (χ1n) is 52.4. The van der Waals surface area contributed by atoms with Gasteiger partial charge in [-0.1, -0.05) is 368 Å². The first-order valence-corrected chi connectivity index (χ1v) is 52.4. The maximum Gasteiger partial charge on any atom is 0.264 e. The van der Waals surface area contributed by atoms with Crippen LogP contribution >= 0.6 is 0 Å². The lowest BCUT2D eigenvalue weighted by molar-refractivity contribution is 0.483. The van der Waals surface area contributed by atoms with E-state index in [4.69, 9.17) is 28.9 Å². The minimum atomic E-state index is -0.235. The Bertz CT molecular complexity index is 7200. The van der Waals surface area contributed by atoms with Gasteiger partial charge in [0.15, 0.2) is 0 Å². The number of fused-ring (bicyclic) bond motifs is 16. The molecule has 0 amide bonds. The summed E-state index contributed by atoms with van der Waals surface area (Å²) in [4.78, 5) is 45.6. The number of ether oxygens (including phenoxy) is 4. The first-order chi connectivity index (χ1) is 66.2. The van der Waals surface area contributed by atoms with Crippen molar-refractivity contribution in [2.75, 3.05) is 0 Å². The molecule has 0 fully saturated rings. The summed E-state index contributed by atoms with van der Waals surface area (Å²) in [5.41, 5.74) is 8.38. The van der Waals surface area contributed by atoms with Gasteiger partial charge >= 0.3 is 0 Å². The molecular formula is C124H136N4O6. The molecule has 4 heterocycles. The second-order valence-corrected chi connectivity index (χ2v) is 39.3. The molecule has 0 N–H and O–H groups in total. The Labute approximate surface area is 791 Å². The highest BCUT2D eigenvalue weighted by atomic mass is 16.5. The molecule has 0 aliphatic rings. The Morgan fingerprint density at radius 2 is 0.515 bits per heavy atom. The molecule has 0 saturated carbocycles. The molecule has 0 saturated heterocycles. The van der Waals surface area contributed by atoms with Gasteiger partial charge in [0, 0.05) is 64.6 Å². The number of pyridine rings is 2. The van der Waals surface area contributed by atoms with Gasteiger partial charge in [-0.3, -0.25) is 18.4 Å². The number of imidazole rings is 2. The Hall–Kier alpha value is -11.9. The number of aryl methyl sites for hydroxylation is 4. The lowest BCUT2D eigenvalue weighted by Gasteiger charge is -2.25. The van der Waals surface area contributed by atoms with E-state index in [1.807, 2.05) is 20.9 Å². The van der Waals surface area contributed by atoms with Crippen molar-refractivity contribution in [3.8, 4) is 46.0 Å². The van der Waals surface area contributed by atoms with E-state index < -0.39 is 0 Å². The summed E-state index contributed by atoms with van der Waals surface area (Å²) in [6.45, 7) is 9.16. The number of benzene rings is 15.